The average Bonchev–Trinajstić information content (AvgIpc) is 2.92. The number of nitrogens with zero attached hydrogens (tertiary/aromatic N) is 2. The van der Waals surface area contributed by atoms with Gasteiger partial charge in [-0.15, -0.1) is 5.10 Å². The minimum atomic E-state index is -0.821. The third-order valence-electron chi connectivity index (χ3n) is 4.24. The number of carbonyl (C=O) groups is 2. The highest BCUT2D eigenvalue weighted by Gasteiger charge is 2.23. The van der Waals surface area contributed by atoms with E-state index in [9.17, 15) is 9.59 Å². The summed E-state index contributed by atoms with van der Waals surface area (Å²) in [6.07, 6.45) is 7.55. The second-order valence-corrected chi connectivity index (χ2v) is 6.78. The quantitative estimate of drug-likeness (QED) is 0.804. The molecule has 1 aromatic rings. The number of carbonyl (C=O) groups excluding carboxylic acids is 1. The lowest BCUT2D eigenvalue weighted by Crippen LogP contribution is -2.37. The normalized spacial score (nSPS) is 17.1. The summed E-state index contributed by atoms with van der Waals surface area (Å²) in [5.41, 5.74) is 0.622. The van der Waals surface area contributed by atoms with Crippen LogP contribution in [-0.2, 0) is 4.79 Å². The zero-order chi connectivity index (χ0) is 15.9. The highest BCUT2D eigenvalue weighted by Crippen LogP contribution is 2.28. The Kier molecular flexibility index (Phi) is 6.30. The van der Waals surface area contributed by atoms with E-state index in [1.165, 1.54) is 32.1 Å². The van der Waals surface area contributed by atoms with E-state index in [2.05, 4.69) is 14.9 Å². The van der Waals surface area contributed by atoms with Gasteiger partial charge in [0.05, 0.1) is 5.69 Å². The lowest BCUT2D eigenvalue weighted by molar-refractivity contribution is -0.137. The summed E-state index contributed by atoms with van der Waals surface area (Å²) in [6, 6.07) is -0.0896. The molecule has 1 aromatic heterocycles. The van der Waals surface area contributed by atoms with Gasteiger partial charge in [-0.25, -0.2) is 0 Å². The van der Waals surface area contributed by atoms with E-state index in [1.54, 1.807) is 6.92 Å². The van der Waals surface area contributed by atoms with Crippen LogP contribution in [0.15, 0.2) is 0 Å². The van der Waals surface area contributed by atoms with E-state index in [4.69, 9.17) is 5.11 Å². The Morgan fingerprint density at radius 2 is 2.09 bits per heavy atom. The first kappa shape index (κ1) is 16.9. The Balaban J connectivity index is 1.95. The maximum atomic E-state index is 12.3. The molecule has 1 fully saturated rings. The van der Waals surface area contributed by atoms with Gasteiger partial charge in [0.25, 0.3) is 5.91 Å². The lowest BCUT2D eigenvalue weighted by Gasteiger charge is -2.27. The fraction of sp³-hybridized carbons (Fsp3) is 0.733. The number of aliphatic carboxylic acids is 1. The SMILES string of the molecule is Cc1nnsc1C(=O)NC(CCC(=O)O)CC1CCCCC1. The van der Waals surface area contributed by atoms with Crippen molar-refractivity contribution in [2.24, 2.45) is 5.92 Å². The van der Waals surface area contributed by atoms with Crippen molar-refractivity contribution < 1.29 is 14.7 Å². The molecule has 0 aromatic carbocycles. The molecule has 1 aliphatic rings. The van der Waals surface area contributed by atoms with Crippen molar-refractivity contribution in [3.63, 3.8) is 0 Å². The minimum Gasteiger partial charge on any atom is -0.481 e. The summed E-state index contributed by atoms with van der Waals surface area (Å²) in [5, 5.41) is 15.7. The summed E-state index contributed by atoms with van der Waals surface area (Å²) in [4.78, 5) is 23.6. The first-order valence-electron chi connectivity index (χ1n) is 7.88. The molecule has 122 valence electrons. The Morgan fingerprint density at radius 1 is 1.36 bits per heavy atom. The predicted molar refractivity (Wildman–Crippen MR) is 84.0 cm³/mol. The number of aromatic nitrogens is 2. The molecule has 22 heavy (non-hydrogen) atoms. The molecule has 7 heteroatoms. The van der Waals surface area contributed by atoms with Crippen LogP contribution in [-0.4, -0.2) is 32.6 Å². The Hall–Kier alpha value is -1.50. The molecule has 0 aliphatic heterocycles. The monoisotopic (exact) mass is 325 g/mol. The molecule has 0 radical (unpaired) electrons. The van der Waals surface area contributed by atoms with Crippen LogP contribution in [0.3, 0.4) is 0 Å². The lowest BCUT2D eigenvalue weighted by atomic mass is 9.84. The standard InChI is InChI=1S/C15H23N3O3S/c1-10-14(22-18-17-10)15(21)16-12(7-8-13(19)20)9-11-5-3-2-4-6-11/h11-12H,2-9H2,1H3,(H,16,21)(H,19,20). The smallest absolute Gasteiger partial charge is 0.303 e. The Morgan fingerprint density at radius 3 is 2.68 bits per heavy atom. The number of hydrogen-bond donors (Lipinski definition) is 2. The molecular weight excluding hydrogens is 302 g/mol. The fourth-order valence-electron chi connectivity index (χ4n) is 3.06. The second kappa shape index (κ2) is 8.22. The van der Waals surface area contributed by atoms with Crippen LogP contribution in [0.25, 0.3) is 0 Å². The minimum absolute atomic E-state index is 0.0809. The van der Waals surface area contributed by atoms with E-state index in [0.717, 1.165) is 18.0 Å². The van der Waals surface area contributed by atoms with Crippen molar-refractivity contribution in [3.05, 3.63) is 10.6 Å². The molecule has 2 rings (SSSR count). The Bertz CT molecular complexity index is 512. The molecule has 1 amide bonds. The van der Waals surface area contributed by atoms with Gasteiger partial charge in [0.2, 0.25) is 0 Å². The van der Waals surface area contributed by atoms with Crippen molar-refractivity contribution in [3.8, 4) is 0 Å². The van der Waals surface area contributed by atoms with Crippen molar-refractivity contribution in [2.75, 3.05) is 0 Å². The van der Waals surface area contributed by atoms with Gasteiger partial charge in [0.1, 0.15) is 4.88 Å². The molecule has 1 aliphatic carbocycles. The fourth-order valence-corrected chi connectivity index (χ4v) is 3.62. The van der Waals surface area contributed by atoms with Crippen molar-refractivity contribution in [1.82, 2.24) is 14.9 Å². The van der Waals surface area contributed by atoms with Crippen LogP contribution in [0.5, 0.6) is 0 Å². The molecule has 1 atom stereocenters. The molecule has 0 saturated heterocycles. The Labute approximate surface area is 134 Å². The van der Waals surface area contributed by atoms with Gasteiger partial charge in [0, 0.05) is 12.5 Å². The van der Waals surface area contributed by atoms with Crippen molar-refractivity contribution >= 4 is 23.4 Å². The molecule has 2 N–H and O–H groups in total. The highest BCUT2D eigenvalue weighted by atomic mass is 32.1. The summed E-state index contributed by atoms with van der Waals surface area (Å²) in [7, 11) is 0. The number of hydrogen-bond acceptors (Lipinski definition) is 5. The maximum absolute atomic E-state index is 12.3. The third-order valence-corrected chi connectivity index (χ3v) is 5.07. The summed E-state index contributed by atoms with van der Waals surface area (Å²) in [6.45, 7) is 1.76. The number of nitrogens with one attached hydrogen (secondary N) is 1. The van der Waals surface area contributed by atoms with Gasteiger partial charge in [-0.2, -0.15) is 0 Å². The van der Waals surface area contributed by atoms with Gasteiger partial charge < -0.3 is 10.4 Å². The number of aryl methyl sites for hydroxylation is 1. The zero-order valence-corrected chi connectivity index (χ0v) is 13.7. The van der Waals surface area contributed by atoms with Crippen LogP contribution in [0.4, 0.5) is 0 Å². The van der Waals surface area contributed by atoms with Crippen LogP contribution in [0, 0.1) is 12.8 Å². The topological polar surface area (TPSA) is 92.2 Å². The first-order chi connectivity index (χ1) is 10.6. The number of rotatable bonds is 7. The molecule has 6 nitrogen and oxygen atoms in total. The van der Waals surface area contributed by atoms with Crippen LogP contribution in [0.2, 0.25) is 0 Å². The third kappa shape index (κ3) is 5.05. The van der Waals surface area contributed by atoms with Gasteiger partial charge in [0.15, 0.2) is 0 Å². The van der Waals surface area contributed by atoms with E-state index in [1.807, 2.05) is 0 Å². The van der Waals surface area contributed by atoms with E-state index >= 15 is 0 Å². The van der Waals surface area contributed by atoms with Crippen LogP contribution >= 0.6 is 11.5 Å². The van der Waals surface area contributed by atoms with Crippen molar-refractivity contribution in [2.45, 2.75) is 64.3 Å². The first-order valence-corrected chi connectivity index (χ1v) is 8.65. The molecule has 0 spiro atoms. The van der Waals surface area contributed by atoms with Crippen LogP contribution in [0.1, 0.15) is 66.7 Å². The molecule has 1 saturated carbocycles. The van der Waals surface area contributed by atoms with Gasteiger partial charge in [-0.3, -0.25) is 9.59 Å². The molecule has 1 unspecified atom stereocenters. The summed E-state index contributed by atoms with van der Waals surface area (Å²) in [5.74, 6) is -0.411. The summed E-state index contributed by atoms with van der Waals surface area (Å²) < 4.78 is 3.78. The zero-order valence-electron chi connectivity index (χ0n) is 12.9. The predicted octanol–water partition coefficient (Wildman–Crippen LogP) is 2.78. The molecule has 0 bridgehead atoms. The molecule has 1 heterocycles. The van der Waals surface area contributed by atoms with E-state index < -0.39 is 5.97 Å². The molecular formula is C15H23N3O3S. The number of carboxylic acids is 1. The number of amides is 1. The van der Waals surface area contributed by atoms with Gasteiger partial charge >= 0.3 is 5.97 Å². The number of carboxylic acid groups (broad SMARTS) is 1. The van der Waals surface area contributed by atoms with Gasteiger partial charge in [-0.1, -0.05) is 36.6 Å². The van der Waals surface area contributed by atoms with Gasteiger partial charge in [-0.05, 0) is 37.2 Å². The van der Waals surface area contributed by atoms with Crippen molar-refractivity contribution in [1.29, 1.82) is 0 Å². The van der Waals surface area contributed by atoms with E-state index in [0.29, 0.717) is 22.9 Å². The summed E-state index contributed by atoms with van der Waals surface area (Å²) >= 11 is 1.08. The second-order valence-electron chi connectivity index (χ2n) is 6.03. The largest absolute Gasteiger partial charge is 0.481 e. The van der Waals surface area contributed by atoms with E-state index in [-0.39, 0.29) is 18.4 Å². The maximum Gasteiger partial charge on any atom is 0.303 e. The highest BCUT2D eigenvalue weighted by molar-refractivity contribution is 7.08. The average molecular weight is 325 g/mol. The van der Waals surface area contributed by atoms with Crippen LogP contribution < -0.4 is 5.32 Å².